The van der Waals surface area contributed by atoms with Crippen molar-refractivity contribution in [2.75, 3.05) is 5.32 Å². The van der Waals surface area contributed by atoms with Gasteiger partial charge < -0.3 is 14.4 Å². The Balaban J connectivity index is 1.43. The number of pyridine rings is 1. The quantitative estimate of drug-likeness (QED) is 0.550. The van der Waals surface area contributed by atoms with Gasteiger partial charge in [0.2, 0.25) is 0 Å². The van der Waals surface area contributed by atoms with E-state index in [9.17, 15) is 4.39 Å². The van der Waals surface area contributed by atoms with E-state index in [1.807, 2.05) is 30.7 Å². The lowest BCUT2D eigenvalue weighted by Gasteiger charge is -2.13. The van der Waals surface area contributed by atoms with Crippen LogP contribution in [-0.2, 0) is 13.5 Å². The average Bonchev–Trinajstić information content (AvgIpc) is 3.33. The van der Waals surface area contributed by atoms with Crippen molar-refractivity contribution in [2.45, 2.75) is 19.4 Å². The predicted molar refractivity (Wildman–Crippen MR) is 99.8 cm³/mol. The van der Waals surface area contributed by atoms with Gasteiger partial charge in [0, 0.05) is 19.7 Å². The third-order valence-corrected chi connectivity index (χ3v) is 4.25. The fourth-order valence-corrected chi connectivity index (χ4v) is 2.80. The van der Waals surface area contributed by atoms with Crippen LogP contribution in [0.15, 0.2) is 53.4 Å². The first-order valence-corrected chi connectivity index (χ1v) is 8.72. The Morgan fingerprint density at radius 2 is 2.00 bits per heavy atom. The van der Waals surface area contributed by atoms with Crippen LogP contribution in [0.2, 0.25) is 0 Å². The predicted octanol–water partition coefficient (Wildman–Crippen LogP) is 3.16. The Hall–Kier alpha value is -3.62. The van der Waals surface area contributed by atoms with Gasteiger partial charge in [0.05, 0.1) is 11.6 Å². The molecule has 1 unspecified atom stereocenters. The van der Waals surface area contributed by atoms with Gasteiger partial charge in [0.15, 0.2) is 11.6 Å². The number of aryl methyl sites for hydroxylation is 1. The second-order valence-electron chi connectivity index (χ2n) is 6.42. The molecule has 1 aromatic carbocycles. The molecule has 142 valence electrons. The van der Waals surface area contributed by atoms with Crippen molar-refractivity contribution in [1.29, 1.82) is 0 Å². The minimum absolute atomic E-state index is 0.0448. The molecule has 0 amide bonds. The third kappa shape index (κ3) is 3.88. The summed E-state index contributed by atoms with van der Waals surface area (Å²) in [6.07, 6.45) is 3.79. The summed E-state index contributed by atoms with van der Waals surface area (Å²) in [5.41, 5.74) is 1.62. The van der Waals surface area contributed by atoms with Gasteiger partial charge in [0.25, 0.3) is 5.89 Å². The second kappa shape index (κ2) is 7.55. The first-order chi connectivity index (χ1) is 13.6. The van der Waals surface area contributed by atoms with E-state index in [4.69, 9.17) is 4.52 Å². The molecule has 0 radical (unpaired) electrons. The smallest absolute Gasteiger partial charge is 0.259 e. The minimum Gasteiger partial charge on any atom is -0.360 e. The molecule has 8 nitrogen and oxygen atoms in total. The van der Waals surface area contributed by atoms with Gasteiger partial charge in [-0.15, -0.1) is 10.2 Å². The molecule has 3 heterocycles. The van der Waals surface area contributed by atoms with E-state index in [1.54, 1.807) is 24.7 Å². The van der Waals surface area contributed by atoms with Crippen LogP contribution in [0.4, 0.5) is 10.2 Å². The number of benzene rings is 1. The fraction of sp³-hybridized carbons (Fsp3) is 0.211. The molecule has 9 heteroatoms. The van der Waals surface area contributed by atoms with E-state index >= 15 is 0 Å². The van der Waals surface area contributed by atoms with Crippen molar-refractivity contribution in [3.05, 3.63) is 72.0 Å². The number of hydrogen-bond acceptors (Lipinski definition) is 7. The Morgan fingerprint density at radius 1 is 1.18 bits per heavy atom. The molecular formula is C19H18FN7O. The van der Waals surface area contributed by atoms with Crippen LogP contribution in [0.5, 0.6) is 0 Å². The number of halogens is 1. The molecule has 0 spiro atoms. The van der Waals surface area contributed by atoms with Crippen LogP contribution >= 0.6 is 0 Å². The molecule has 1 atom stereocenters. The summed E-state index contributed by atoms with van der Waals surface area (Å²) in [7, 11) is 1.89. The summed E-state index contributed by atoms with van der Waals surface area (Å²) in [5, 5.41) is 15.2. The number of anilines is 1. The fourth-order valence-electron chi connectivity index (χ4n) is 2.80. The number of aromatic nitrogens is 6. The van der Waals surface area contributed by atoms with Gasteiger partial charge in [-0.05, 0) is 36.8 Å². The zero-order valence-electron chi connectivity index (χ0n) is 15.4. The standard InChI is InChI=1S/C19H18FN7O/c1-12(18-25-22-11-27(18)2)23-16-8-5-14(10-21-16)19-24-17(26-28-19)9-13-3-6-15(20)7-4-13/h3-8,10-12H,9H2,1-2H3,(H,21,23). The zero-order chi connectivity index (χ0) is 19.5. The molecule has 4 rings (SSSR count). The molecule has 1 N–H and O–H groups in total. The largest absolute Gasteiger partial charge is 0.360 e. The van der Waals surface area contributed by atoms with Gasteiger partial charge in [0.1, 0.15) is 18.0 Å². The Labute approximate surface area is 160 Å². The van der Waals surface area contributed by atoms with E-state index in [2.05, 4.69) is 30.6 Å². The van der Waals surface area contributed by atoms with Crippen LogP contribution < -0.4 is 5.32 Å². The highest BCUT2D eigenvalue weighted by Gasteiger charge is 2.13. The number of hydrogen-bond donors (Lipinski definition) is 1. The third-order valence-electron chi connectivity index (χ3n) is 4.25. The molecule has 0 fully saturated rings. The molecule has 0 bridgehead atoms. The zero-order valence-corrected chi connectivity index (χ0v) is 15.4. The highest BCUT2D eigenvalue weighted by Crippen LogP contribution is 2.21. The van der Waals surface area contributed by atoms with Gasteiger partial charge in [-0.2, -0.15) is 4.98 Å². The Morgan fingerprint density at radius 3 is 2.68 bits per heavy atom. The van der Waals surface area contributed by atoms with Crippen LogP contribution in [0.25, 0.3) is 11.5 Å². The van der Waals surface area contributed by atoms with Crippen LogP contribution in [0, 0.1) is 5.82 Å². The molecule has 0 aliphatic rings. The molecule has 0 saturated heterocycles. The van der Waals surface area contributed by atoms with Crippen molar-refractivity contribution in [2.24, 2.45) is 7.05 Å². The van der Waals surface area contributed by atoms with Gasteiger partial charge >= 0.3 is 0 Å². The van der Waals surface area contributed by atoms with Crippen LogP contribution in [0.1, 0.15) is 30.2 Å². The summed E-state index contributed by atoms with van der Waals surface area (Å²) in [5.74, 6) is 2.15. The monoisotopic (exact) mass is 379 g/mol. The van der Waals surface area contributed by atoms with E-state index in [0.29, 0.717) is 24.0 Å². The van der Waals surface area contributed by atoms with Crippen LogP contribution in [0.3, 0.4) is 0 Å². The summed E-state index contributed by atoms with van der Waals surface area (Å²) in [4.78, 5) is 8.79. The van der Waals surface area contributed by atoms with Gasteiger partial charge in [-0.3, -0.25) is 0 Å². The van der Waals surface area contributed by atoms with E-state index < -0.39 is 0 Å². The molecule has 0 saturated carbocycles. The number of rotatable bonds is 6. The number of nitrogens with zero attached hydrogens (tertiary/aromatic N) is 6. The summed E-state index contributed by atoms with van der Waals surface area (Å²) >= 11 is 0. The maximum Gasteiger partial charge on any atom is 0.259 e. The average molecular weight is 379 g/mol. The number of nitrogens with one attached hydrogen (secondary N) is 1. The van der Waals surface area contributed by atoms with Crippen molar-refractivity contribution >= 4 is 5.82 Å². The lowest BCUT2D eigenvalue weighted by molar-refractivity contribution is 0.424. The summed E-state index contributed by atoms with van der Waals surface area (Å²) < 4.78 is 20.2. The molecule has 4 aromatic rings. The Kier molecular flexibility index (Phi) is 4.79. The summed E-state index contributed by atoms with van der Waals surface area (Å²) in [6, 6.07) is 9.87. The molecular weight excluding hydrogens is 361 g/mol. The Bertz CT molecular complexity index is 1060. The lowest BCUT2D eigenvalue weighted by atomic mass is 10.1. The maximum absolute atomic E-state index is 13.0. The SMILES string of the molecule is CC(Nc1ccc(-c2nc(Cc3ccc(F)cc3)no2)cn1)c1nncn1C. The van der Waals surface area contributed by atoms with Crippen molar-refractivity contribution in [3.63, 3.8) is 0 Å². The molecule has 0 aliphatic heterocycles. The van der Waals surface area contributed by atoms with Crippen molar-refractivity contribution in [1.82, 2.24) is 29.9 Å². The lowest BCUT2D eigenvalue weighted by Crippen LogP contribution is -2.12. The second-order valence-corrected chi connectivity index (χ2v) is 6.42. The van der Waals surface area contributed by atoms with Gasteiger partial charge in [-0.1, -0.05) is 17.3 Å². The first-order valence-electron chi connectivity index (χ1n) is 8.72. The molecule has 3 aromatic heterocycles. The summed E-state index contributed by atoms with van der Waals surface area (Å²) in [6.45, 7) is 1.99. The molecule has 0 aliphatic carbocycles. The maximum atomic E-state index is 13.0. The van der Waals surface area contributed by atoms with E-state index in [-0.39, 0.29) is 11.9 Å². The normalized spacial score (nSPS) is 12.1. The molecule has 28 heavy (non-hydrogen) atoms. The highest BCUT2D eigenvalue weighted by molar-refractivity contribution is 5.54. The van der Waals surface area contributed by atoms with E-state index in [1.165, 1.54) is 12.1 Å². The van der Waals surface area contributed by atoms with E-state index in [0.717, 1.165) is 17.0 Å². The van der Waals surface area contributed by atoms with Crippen molar-refractivity contribution in [3.8, 4) is 11.5 Å². The first kappa shape index (κ1) is 17.8. The highest BCUT2D eigenvalue weighted by atomic mass is 19.1. The van der Waals surface area contributed by atoms with Gasteiger partial charge in [-0.25, -0.2) is 9.37 Å². The minimum atomic E-state index is -0.272. The van der Waals surface area contributed by atoms with Crippen LogP contribution in [-0.4, -0.2) is 29.9 Å². The van der Waals surface area contributed by atoms with Crippen molar-refractivity contribution < 1.29 is 8.91 Å². The topological polar surface area (TPSA) is 94.6 Å².